The van der Waals surface area contributed by atoms with Gasteiger partial charge in [0.15, 0.2) is 0 Å². The van der Waals surface area contributed by atoms with Gasteiger partial charge in [-0.3, -0.25) is 9.69 Å². The van der Waals surface area contributed by atoms with Gasteiger partial charge in [0.1, 0.15) is 5.82 Å². The van der Waals surface area contributed by atoms with Gasteiger partial charge in [0.25, 0.3) is 0 Å². The van der Waals surface area contributed by atoms with Gasteiger partial charge in [0.2, 0.25) is 5.91 Å². The minimum absolute atomic E-state index is 0.0334. The van der Waals surface area contributed by atoms with E-state index >= 15 is 0 Å². The van der Waals surface area contributed by atoms with E-state index in [-0.39, 0.29) is 30.4 Å². The molecule has 1 amide bonds. The van der Waals surface area contributed by atoms with Crippen LogP contribution < -0.4 is 5.32 Å². The van der Waals surface area contributed by atoms with E-state index in [1.165, 1.54) is 12.1 Å². The summed E-state index contributed by atoms with van der Waals surface area (Å²) in [6.45, 7) is 7.67. The number of aromatic nitrogens is 1. The Hall–Kier alpha value is -1.92. The standard InChI is InChI=1S/C19H26FN3O2/c1-13-11-23(12-14(2)25-13)7-3-6-21-19(24)8-15-10-22-18-5-4-16(20)9-17(15)18/h4-5,9-10,13-14,22H,3,6-8,11-12H2,1-2H3,(H,21,24). The highest BCUT2D eigenvalue weighted by molar-refractivity contribution is 5.88. The second-order valence-electron chi connectivity index (χ2n) is 6.90. The smallest absolute Gasteiger partial charge is 0.224 e. The molecule has 0 saturated carbocycles. The molecule has 1 aromatic heterocycles. The molecule has 1 fully saturated rings. The monoisotopic (exact) mass is 347 g/mol. The Kier molecular flexibility index (Phi) is 5.71. The highest BCUT2D eigenvalue weighted by Crippen LogP contribution is 2.19. The minimum Gasteiger partial charge on any atom is -0.373 e. The fraction of sp³-hybridized carbons (Fsp3) is 0.526. The molecular weight excluding hydrogens is 321 g/mol. The number of nitrogens with one attached hydrogen (secondary N) is 2. The van der Waals surface area contributed by atoms with Crippen molar-refractivity contribution in [1.29, 1.82) is 0 Å². The molecule has 0 bridgehead atoms. The average molecular weight is 347 g/mol. The van der Waals surface area contributed by atoms with Crippen LogP contribution in [0, 0.1) is 5.82 Å². The predicted molar refractivity (Wildman–Crippen MR) is 96.0 cm³/mol. The summed E-state index contributed by atoms with van der Waals surface area (Å²) in [6, 6.07) is 4.57. The van der Waals surface area contributed by atoms with Crippen molar-refractivity contribution in [2.24, 2.45) is 0 Å². The van der Waals surface area contributed by atoms with Gasteiger partial charge >= 0.3 is 0 Å². The number of carbonyl (C=O) groups is 1. The van der Waals surface area contributed by atoms with Crippen LogP contribution in [0.3, 0.4) is 0 Å². The lowest BCUT2D eigenvalue weighted by atomic mass is 10.1. The zero-order chi connectivity index (χ0) is 17.8. The normalized spacial score (nSPS) is 21.6. The Morgan fingerprint density at radius 1 is 1.36 bits per heavy atom. The zero-order valence-electron chi connectivity index (χ0n) is 14.8. The highest BCUT2D eigenvalue weighted by Gasteiger charge is 2.21. The quantitative estimate of drug-likeness (QED) is 0.789. The van der Waals surface area contributed by atoms with Crippen LogP contribution in [-0.2, 0) is 16.0 Å². The number of benzene rings is 1. The molecule has 2 heterocycles. The Bertz CT molecular complexity index is 721. The van der Waals surface area contributed by atoms with E-state index in [0.29, 0.717) is 6.54 Å². The molecule has 6 heteroatoms. The van der Waals surface area contributed by atoms with Crippen molar-refractivity contribution in [3.05, 3.63) is 35.8 Å². The second-order valence-corrected chi connectivity index (χ2v) is 6.90. The number of carbonyl (C=O) groups excluding carboxylic acids is 1. The minimum atomic E-state index is -0.289. The van der Waals surface area contributed by atoms with Gasteiger partial charge in [0, 0.05) is 43.3 Å². The molecule has 2 N–H and O–H groups in total. The molecule has 3 rings (SSSR count). The van der Waals surface area contributed by atoms with Crippen LogP contribution in [0.2, 0.25) is 0 Å². The number of fused-ring (bicyclic) bond motifs is 1. The molecular formula is C19H26FN3O2. The third-order valence-electron chi connectivity index (χ3n) is 4.55. The second kappa shape index (κ2) is 7.97. The van der Waals surface area contributed by atoms with Gasteiger partial charge < -0.3 is 15.0 Å². The van der Waals surface area contributed by atoms with Gasteiger partial charge in [-0.25, -0.2) is 4.39 Å². The van der Waals surface area contributed by atoms with Gasteiger partial charge in [-0.1, -0.05) is 0 Å². The number of H-pyrrole nitrogens is 1. The number of hydrogen-bond donors (Lipinski definition) is 2. The molecule has 1 aliphatic rings. The third kappa shape index (κ3) is 4.80. The van der Waals surface area contributed by atoms with Crippen molar-refractivity contribution in [3.63, 3.8) is 0 Å². The summed E-state index contributed by atoms with van der Waals surface area (Å²) in [5.41, 5.74) is 1.67. The van der Waals surface area contributed by atoms with E-state index in [1.807, 2.05) is 0 Å². The lowest BCUT2D eigenvalue weighted by Crippen LogP contribution is -2.46. The molecule has 136 valence electrons. The van der Waals surface area contributed by atoms with Crippen molar-refractivity contribution < 1.29 is 13.9 Å². The summed E-state index contributed by atoms with van der Waals surface area (Å²) in [5.74, 6) is -0.323. The molecule has 2 unspecified atom stereocenters. The predicted octanol–water partition coefficient (Wildman–Crippen LogP) is 2.47. The Balaban J connectivity index is 1.43. The van der Waals surface area contributed by atoms with E-state index in [2.05, 4.69) is 29.0 Å². The molecule has 0 spiro atoms. The summed E-state index contributed by atoms with van der Waals surface area (Å²) in [6.07, 6.45) is 3.48. The molecule has 25 heavy (non-hydrogen) atoms. The lowest BCUT2D eigenvalue weighted by molar-refractivity contribution is -0.120. The fourth-order valence-corrected chi connectivity index (χ4v) is 3.53. The topological polar surface area (TPSA) is 57.4 Å². The first-order valence-electron chi connectivity index (χ1n) is 8.91. The zero-order valence-corrected chi connectivity index (χ0v) is 14.8. The molecule has 1 saturated heterocycles. The van der Waals surface area contributed by atoms with E-state index in [9.17, 15) is 9.18 Å². The molecule has 0 radical (unpaired) electrons. The van der Waals surface area contributed by atoms with E-state index in [1.54, 1.807) is 12.3 Å². The first-order valence-corrected chi connectivity index (χ1v) is 8.91. The van der Waals surface area contributed by atoms with Crippen molar-refractivity contribution in [3.8, 4) is 0 Å². The lowest BCUT2D eigenvalue weighted by Gasteiger charge is -2.35. The van der Waals surface area contributed by atoms with Crippen LogP contribution in [0.5, 0.6) is 0 Å². The molecule has 2 aromatic rings. The van der Waals surface area contributed by atoms with Gasteiger partial charge in [0.05, 0.1) is 18.6 Å². The maximum Gasteiger partial charge on any atom is 0.224 e. The summed E-state index contributed by atoms with van der Waals surface area (Å²) < 4.78 is 19.1. The Morgan fingerprint density at radius 3 is 2.88 bits per heavy atom. The number of morpholine rings is 1. The number of halogens is 1. The van der Waals surface area contributed by atoms with Crippen LogP contribution >= 0.6 is 0 Å². The van der Waals surface area contributed by atoms with Crippen LogP contribution in [0.1, 0.15) is 25.8 Å². The van der Waals surface area contributed by atoms with Gasteiger partial charge in [-0.15, -0.1) is 0 Å². The van der Waals surface area contributed by atoms with E-state index in [4.69, 9.17) is 4.74 Å². The fourth-order valence-electron chi connectivity index (χ4n) is 3.53. The van der Waals surface area contributed by atoms with Gasteiger partial charge in [-0.05, 0) is 44.0 Å². The third-order valence-corrected chi connectivity index (χ3v) is 4.55. The number of hydrogen-bond acceptors (Lipinski definition) is 3. The SMILES string of the molecule is CC1CN(CCCNC(=O)Cc2c[nH]c3ccc(F)cc23)CC(C)O1. The number of amides is 1. The van der Waals surface area contributed by atoms with Crippen molar-refractivity contribution in [2.75, 3.05) is 26.2 Å². The maximum absolute atomic E-state index is 13.4. The number of aromatic amines is 1. The van der Waals surface area contributed by atoms with Crippen molar-refractivity contribution in [1.82, 2.24) is 15.2 Å². The van der Waals surface area contributed by atoms with Gasteiger partial charge in [-0.2, -0.15) is 0 Å². The van der Waals surface area contributed by atoms with Crippen LogP contribution in [0.25, 0.3) is 10.9 Å². The summed E-state index contributed by atoms with van der Waals surface area (Å²) >= 11 is 0. The highest BCUT2D eigenvalue weighted by atomic mass is 19.1. The summed E-state index contributed by atoms with van der Waals surface area (Å²) in [7, 11) is 0. The Morgan fingerprint density at radius 2 is 2.12 bits per heavy atom. The van der Waals surface area contributed by atoms with Crippen LogP contribution in [0.15, 0.2) is 24.4 Å². The molecule has 0 aliphatic carbocycles. The molecule has 1 aliphatic heterocycles. The van der Waals surface area contributed by atoms with E-state index < -0.39 is 0 Å². The molecule has 5 nitrogen and oxygen atoms in total. The first kappa shape index (κ1) is 17.9. The maximum atomic E-state index is 13.4. The number of nitrogens with zero attached hydrogens (tertiary/aromatic N) is 1. The number of rotatable bonds is 6. The van der Waals surface area contributed by atoms with Crippen LogP contribution in [0.4, 0.5) is 4.39 Å². The Labute approximate surface area is 147 Å². The van der Waals surface area contributed by atoms with Crippen LogP contribution in [-0.4, -0.2) is 54.2 Å². The molecule has 2 atom stereocenters. The summed E-state index contributed by atoms with van der Waals surface area (Å²) in [4.78, 5) is 17.6. The molecule has 1 aromatic carbocycles. The number of ether oxygens (including phenoxy) is 1. The average Bonchev–Trinajstić information content (AvgIpc) is 2.93. The summed E-state index contributed by atoms with van der Waals surface area (Å²) in [5, 5.41) is 3.73. The van der Waals surface area contributed by atoms with Crippen molar-refractivity contribution in [2.45, 2.75) is 38.9 Å². The van der Waals surface area contributed by atoms with Crippen molar-refractivity contribution >= 4 is 16.8 Å². The largest absolute Gasteiger partial charge is 0.373 e. The van der Waals surface area contributed by atoms with E-state index in [0.717, 1.165) is 42.5 Å². The first-order chi connectivity index (χ1) is 12.0.